The summed E-state index contributed by atoms with van der Waals surface area (Å²) in [7, 11) is 0. The number of carboxylic acids is 1. The SMILES string of the molecule is CCC1CCCCN1C(=O)CN1CCC(C(=O)O)CC1.Cl. The normalized spacial score (nSPS) is 24.4. The fourth-order valence-electron chi connectivity index (χ4n) is 3.37. The average molecular weight is 319 g/mol. The highest BCUT2D eigenvalue weighted by Crippen LogP contribution is 2.21. The molecule has 122 valence electrons. The molecule has 2 heterocycles. The van der Waals surface area contributed by atoms with Crippen molar-refractivity contribution in [1.82, 2.24) is 9.80 Å². The Labute approximate surface area is 133 Å². The average Bonchev–Trinajstić information content (AvgIpc) is 2.47. The first-order valence-corrected chi connectivity index (χ1v) is 7.86. The minimum Gasteiger partial charge on any atom is -0.481 e. The first-order valence-electron chi connectivity index (χ1n) is 7.86. The van der Waals surface area contributed by atoms with Gasteiger partial charge >= 0.3 is 5.97 Å². The third-order valence-corrected chi connectivity index (χ3v) is 4.71. The standard InChI is InChI=1S/C15H26N2O3.ClH/c1-2-13-5-3-4-8-17(13)14(18)11-16-9-6-12(7-10-16)15(19)20;/h12-13H,2-11H2,1H3,(H,19,20);1H. The van der Waals surface area contributed by atoms with Gasteiger partial charge in [0.25, 0.3) is 0 Å². The zero-order valence-electron chi connectivity index (χ0n) is 12.8. The predicted octanol–water partition coefficient (Wildman–Crippen LogP) is 2.00. The number of nitrogens with zero attached hydrogens (tertiary/aromatic N) is 2. The van der Waals surface area contributed by atoms with E-state index in [2.05, 4.69) is 11.8 Å². The van der Waals surface area contributed by atoms with E-state index in [1.165, 1.54) is 6.42 Å². The molecule has 6 heteroatoms. The molecule has 2 fully saturated rings. The molecular formula is C15H27ClN2O3. The largest absolute Gasteiger partial charge is 0.481 e. The van der Waals surface area contributed by atoms with Crippen molar-refractivity contribution in [3.63, 3.8) is 0 Å². The number of carboxylic acid groups (broad SMARTS) is 1. The van der Waals surface area contributed by atoms with Crippen LogP contribution in [0.15, 0.2) is 0 Å². The van der Waals surface area contributed by atoms with E-state index in [0.29, 0.717) is 25.4 Å². The maximum Gasteiger partial charge on any atom is 0.306 e. The van der Waals surface area contributed by atoms with E-state index in [4.69, 9.17) is 5.11 Å². The highest BCUT2D eigenvalue weighted by atomic mass is 35.5. The van der Waals surface area contributed by atoms with E-state index < -0.39 is 5.97 Å². The summed E-state index contributed by atoms with van der Waals surface area (Å²) < 4.78 is 0. The Morgan fingerprint density at radius 2 is 1.76 bits per heavy atom. The van der Waals surface area contributed by atoms with Crippen LogP contribution >= 0.6 is 12.4 Å². The van der Waals surface area contributed by atoms with Gasteiger partial charge in [-0.05, 0) is 51.6 Å². The first-order chi connectivity index (χ1) is 9.61. The van der Waals surface area contributed by atoms with Crippen molar-refractivity contribution in [1.29, 1.82) is 0 Å². The molecule has 0 spiro atoms. The molecule has 21 heavy (non-hydrogen) atoms. The minimum atomic E-state index is -0.696. The summed E-state index contributed by atoms with van der Waals surface area (Å²) >= 11 is 0. The summed E-state index contributed by atoms with van der Waals surface area (Å²) in [6.45, 7) is 4.96. The van der Waals surface area contributed by atoms with Crippen LogP contribution in [0, 0.1) is 5.92 Å². The number of piperidine rings is 2. The van der Waals surface area contributed by atoms with Crippen LogP contribution in [0.2, 0.25) is 0 Å². The first kappa shape index (κ1) is 18.2. The third kappa shape index (κ3) is 4.85. The minimum absolute atomic E-state index is 0. The van der Waals surface area contributed by atoms with Crippen LogP contribution in [0.3, 0.4) is 0 Å². The van der Waals surface area contributed by atoms with Crippen molar-refractivity contribution < 1.29 is 14.7 Å². The zero-order valence-corrected chi connectivity index (χ0v) is 13.6. The van der Waals surface area contributed by atoms with Gasteiger partial charge in [-0.1, -0.05) is 6.92 Å². The van der Waals surface area contributed by atoms with Crippen LogP contribution in [0.4, 0.5) is 0 Å². The summed E-state index contributed by atoms with van der Waals surface area (Å²) in [6.07, 6.45) is 5.84. The Bertz CT molecular complexity index is 357. The molecular weight excluding hydrogens is 292 g/mol. The highest BCUT2D eigenvalue weighted by Gasteiger charge is 2.29. The van der Waals surface area contributed by atoms with E-state index in [-0.39, 0.29) is 24.2 Å². The second kappa shape index (κ2) is 8.59. The Morgan fingerprint density at radius 1 is 1.10 bits per heavy atom. The number of aliphatic carboxylic acids is 1. The molecule has 1 amide bonds. The van der Waals surface area contributed by atoms with Crippen LogP contribution < -0.4 is 0 Å². The lowest BCUT2D eigenvalue weighted by atomic mass is 9.97. The Morgan fingerprint density at radius 3 is 2.33 bits per heavy atom. The molecule has 2 saturated heterocycles. The van der Waals surface area contributed by atoms with Gasteiger partial charge in [-0.2, -0.15) is 0 Å². The Hall–Kier alpha value is -0.810. The maximum absolute atomic E-state index is 12.4. The molecule has 0 aromatic carbocycles. The van der Waals surface area contributed by atoms with Crippen LogP contribution in [0.25, 0.3) is 0 Å². The topological polar surface area (TPSA) is 60.9 Å². The highest BCUT2D eigenvalue weighted by molar-refractivity contribution is 5.85. The fourth-order valence-corrected chi connectivity index (χ4v) is 3.37. The molecule has 2 aliphatic rings. The van der Waals surface area contributed by atoms with Crippen LogP contribution in [-0.2, 0) is 9.59 Å². The number of amides is 1. The fraction of sp³-hybridized carbons (Fsp3) is 0.867. The van der Waals surface area contributed by atoms with Crippen molar-refractivity contribution in [2.24, 2.45) is 5.92 Å². The van der Waals surface area contributed by atoms with Gasteiger partial charge in [-0.3, -0.25) is 14.5 Å². The molecule has 0 radical (unpaired) electrons. The molecule has 5 nitrogen and oxygen atoms in total. The zero-order chi connectivity index (χ0) is 14.5. The summed E-state index contributed by atoms with van der Waals surface area (Å²) in [4.78, 5) is 27.5. The summed E-state index contributed by atoms with van der Waals surface area (Å²) in [6, 6.07) is 0.410. The number of halogens is 1. The van der Waals surface area contributed by atoms with E-state index in [9.17, 15) is 9.59 Å². The molecule has 2 aliphatic heterocycles. The molecule has 0 saturated carbocycles. The number of carbonyl (C=O) groups is 2. The van der Waals surface area contributed by atoms with Gasteiger partial charge in [0.05, 0.1) is 12.5 Å². The monoisotopic (exact) mass is 318 g/mol. The van der Waals surface area contributed by atoms with Crippen molar-refractivity contribution in [2.75, 3.05) is 26.2 Å². The number of carbonyl (C=O) groups excluding carboxylic acids is 1. The van der Waals surface area contributed by atoms with Crippen molar-refractivity contribution >= 4 is 24.3 Å². The second-order valence-corrected chi connectivity index (χ2v) is 6.03. The van der Waals surface area contributed by atoms with Crippen LogP contribution in [0.5, 0.6) is 0 Å². The molecule has 0 aromatic heterocycles. The summed E-state index contributed by atoms with van der Waals surface area (Å²) in [5, 5.41) is 8.98. The van der Waals surface area contributed by atoms with Gasteiger partial charge in [0.15, 0.2) is 0 Å². The molecule has 0 aliphatic carbocycles. The van der Waals surface area contributed by atoms with Crippen molar-refractivity contribution in [2.45, 2.75) is 51.5 Å². The van der Waals surface area contributed by atoms with Gasteiger partial charge in [0.2, 0.25) is 5.91 Å². The molecule has 1 atom stereocenters. The van der Waals surface area contributed by atoms with Gasteiger partial charge < -0.3 is 10.0 Å². The Kier molecular flexibility index (Phi) is 7.46. The van der Waals surface area contributed by atoms with Crippen LogP contribution in [0.1, 0.15) is 45.4 Å². The lowest BCUT2D eigenvalue weighted by molar-refractivity contribution is -0.143. The Balaban J connectivity index is 0.00000220. The lowest BCUT2D eigenvalue weighted by Gasteiger charge is -2.37. The predicted molar refractivity (Wildman–Crippen MR) is 83.7 cm³/mol. The lowest BCUT2D eigenvalue weighted by Crippen LogP contribution is -2.49. The number of hydrogen-bond acceptors (Lipinski definition) is 3. The van der Waals surface area contributed by atoms with E-state index in [1.54, 1.807) is 0 Å². The summed E-state index contributed by atoms with van der Waals surface area (Å²) in [5.41, 5.74) is 0. The quantitative estimate of drug-likeness (QED) is 0.861. The molecule has 0 aromatic rings. The second-order valence-electron chi connectivity index (χ2n) is 6.03. The molecule has 1 unspecified atom stereocenters. The summed E-state index contributed by atoms with van der Waals surface area (Å²) in [5.74, 6) is -0.692. The molecule has 0 bridgehead atoms. The third-order valence-electron chi connectivity index (χ3n) is 4.71. The van der Waals surface area contributed by atoms with E-state index in [1.807, 2.05) is 4.90 Å². The smallest absolute Gasteiger partial charge is 0.306 e. The van der Waals surface area contributed by atoms with E-state index in [0.717, 1.165) is 38.9 Å². The molecule has 1 N–H and O–H groups in total. The number of likely N-dealkylation sites (tertiary alicyclic amines) is 2. The van der Waals surface area contributed by atoms with Gasteiger partial charge in [-0.15, -0.1) is 12.4 Å². The van der Waals surface area contributed by atoms with Gasteiger partial charge in [-0.25, -0.2) is 0 Å². The van der Waals surface area contributed by atoms with Crippen LogP contribution in [-0.4, -0.2) is 59.0 Å². The van der Waals surface area contributed by atoms with Crippen molar-refractivity contribution in [3.05, 3.63) is 0 Å². The van der Waals surface area contributed by atoms with E-state index >= 15 is 0 Å². The van der Waals surface area contributed by atoms with Gasteiger partial charge in [0, 0.05) is 12.6 Å². The molecule has 2 rings (SSSR count). The van der Waals surface area contributed by atoms with Gasteiger partial charge in [0.1, 0.15) is 0 Å². The number of rotatable bonds is 4. The number of hydrogen-bond donors (Lipinski definition) is 1. The van der Waals surface area contributed by atoms with Crippen molar-refractivity contribution in [3.8, 4) is 0 Å². The maximum atomic E-state index is 12.4.